The standard InChI is InChI=1S/C20H22F3N3O/c21-20(22,23)15-5-4-6-17(13-15)25-19(27)14-24-16-7-9-18(10-8-16)26-11-2-1-3-12-26/h4-10,13,24H,1-3,11-12,14H2,(H,25,27). The molecule has 4 nitrogen and oxygen atoms in total. The van der Waals surface area contributed by atoms with Crippen molar-refractivity contribution in [3.8, 4) is 0 Å². The summed E-state index contributed by atoms with van der Waals surface area (Å²) >= 11 is 0. The number of piperidine rings is 1. The monoisotopic (exact) mass is 377 g/mol. The van der Waals surface area contributed by atoms with E-state index in [0.717, 1.165) is 36.6 Å². The molecular formula is C20H22F3N3O. The second-order valence-corrected chi connectivity index (χ2v) is 6.57. The average molecular weight is 377 g/mol. The van der Waals surface area contributed by atoms with Crippen molar-refractivity contribution in [3.63, 3.8) is 0 Å². The molecule has 2 N–H and O–H groups in total. The minimum atomic E-state index is -4.44. The van der Waals surface area contributed by atoms with Gasteiger partial charge >= 0.3 is 6.18 Å². The van der Waals surface area contributed by atoms with Gasteiger partial charge in [0.15, 0.2) is 0 Å². The summed E-state index contributed by atoms with van der Waals surface area (Å²) in [6, 6.07) is 12.4. The van der Waals surface area contributed by atoms with Gasteiger partial charge in [0.1, 0.15) is 0 Å². The molecule has 3 rings (SSSR count). The van der Waals surface area contributed by atoms with E-state index in [1.165, 1.54) is 31.4 Å². The molecule has 1 fully saturated rings. The van der Waals surface area contributed by atoms with Crippen molar-refractivity contribution in [2.24, 2.45) is 0 Å². The van der Waals surface area contributed by atoms with Crippen LogP contribution in [0.3, 0.4) is 0 Å². The van der Waals surface area contributed by atoms with E-state index in [-0.39, 0.29) is 12.2 Å². The quantitative estimate of drug-likeness (QED) is 0.791. The summed E-state index contributed by atoms with van der Waals surface area (Å²) in [5.41, 5.74) is 1.28. The minimum Gasteiger partial charge on any atom is -0.376 e. The Morgan fingerprint density at radius 2 is 1.67 bits per heavy atom. The number of nitrogens with one attached hydrogen (secondary N) is 2. The summed E-state index contributed by atoms with van der Waals surface area (Å²) in [6.07, 6.45) is -0.752. The van der Waals surface area contributed by atoms with Crippen LogP contribution in [0.25, 0.3) is 0 Å². The van der Waals surface area contributed by atoms with Crippen molar-refractivity contribution in [2.75, 3.05) is 35.2 Å². The molecule has 2 aromatic carbocycles. The summed E-state index contributed by atoms with van der Waals surface area (Å²) in [6.45, 7) is 2.09. The zero-order valence-corrected chi connectivity index (χ0v) is 14.9. The molecule has 0 bridgehead atoms. The molecular weight excluding hydrogens is 355 g/mol. The maximum Gasteiger partial charge on any atom is 0.416 e. The van der Waals surface area contributed by atoms with Crippen LogP contribution in [0.2, 0.25) is 0 Å². The van der Waals surface area contributed by atoms with Gasteiger partial charge in [-0.25, -0.2) is 0 Å². The van der Waals surface area contributed by atoms with Crippen molar-refractivity contribution >= 4 is 23.0 Å². The van der Waals surface area contributed by atoms with Crippen LogP contribution in [0.1, 0.15) is 24.8 Å². The highest BCUT2D eigenvalue weighted by Crippen LogP contribution is 2.30. The Labute approximate surface area is 156 Å². The molecule has 0 radical (unpaired) electrons. The fourth-order valence-electron chi connectivity index (χ4n) is 3.10. The number of halogens is 3. The van der Waals surface area contributed by atoms with E-state index >= 15 is 0 Å². The molecule has 2 aromatic rings. The van der Waals surface area contributed by atoms with Gasteiger partial charge in [-0.1, -0.05) is 6.07 Å². The maximum atomic E-state index is 12.7. The number of nitrogens with zero attached hydrogens (tertiary/aromatic N) is 1. The lowest BCUT2D eigenvalue weighted by Gasteiger charge is -2.28. The number of anilines is 3. The zero-order chi connectivity index (χ0) is 19.3. The van der Waals surface area contributed by atoms with Gasteiger partial charge in [0.2, 0.25) is 5.91 Å². The third kappa shape index (κ3) is 5.39. The van der Waals surface area contributed by atoms with Gasteiger partial charge in [-0.2, -0.15) is 13.2 Å². The number of alkyl halides is 3. The van der Waals surface area contributed by atoms with Crippen LogP contribution in [-0.4, -0.2) is 25.5 Å². The molecule has 1 heterocycles. The van der Waals surface area contributed by atoms with Gasteiger partial charge in [0, 0.05) is 30.2 Å². The maximum absolute atomic E-state index is 12.7. The molecule has 0 atom stereocenters. The average Bonchev–Trinajstić information content (AvgIpc) is 2.67. The lowest BCUT2D eigenvalue weighted by Crippen LogP contribution is -2.29. The van der Waals surface area contributed by atoms with Gasteiger partial charge in [0.05, 0.1) is 12.1 Å². The summed E-state index contributed by atoms with van der Waals surface area (Å²) < 4.78 is 38.1. The number of amides is 1. The van der Waals surface area contributed by atoms with Gasteiger partial charge in [-0.05, 0) is 61.7 Å². The first-order valence-corrected chi connectivity index (χ1v) is 8.98. The predicted molar refractivity (Wildman–Crippen MR) is 101 cm³/mol. The second kappa shape index (κ2) is 8.33. The van der Waals surface area contributed by atoms with Gasteiger partial charge < -0.3 is 15.5 Å². The molecule has 144 valence electrons. The van der Waals surface area contributed by atoms with Gasteiger partial charge in [-0.15, -0.1) is 0 Å². The molecule has 0 unspecified atom stereocenters. The predicted octanol–water partition coefficient (Wildman–Crippen LogP) is 4.75. The SMILES string of the molecule is O=C(CNc1ccc(N2CCCCC2)cc1)Nc1cccc(C(F)(F)F)c1. The van der Waals surface area contributed by atoms with Crippen molar-refractivity contribution in [1.82, 2.24) is 0 Å². The first-order valence-electron chi connectivity index (χ1n) is 8.98. The Balaban J connectivity index is 1.52. The summed E-state index contributed by atoms with van der Waals surface area (Å²) in [7, 11) is 0. The number of carbonyl (C=O) groups excluding carboxylic acids is 1. The van der Waals surface area contributed by atoms with Crippen LogP contribution in [0.5, 0.6) is 0 Å². The van der Waals surface area contributed by atoms with E-state index in [0.29, 0.717) is 0 Å². The molecule has 1 aliphatic rings. The highest BCUT2D eigenvalue weighted by atomic mass is 19.4. The highest BCUT2D eigenvalue weighted by Gasteiger charge is 2.30. The van der Waals surface area contributed by atoms with Crippen LogP contribution in [0.15, 0.2) is 48.5 Å². The summed E-state index contributed by atoms with van der Waals surface area (Å²) in [4.78, 5) is 14.3. The van der Waals surface area contributed by atoms with Crippen LogP contribution in [-0.2, 0) is 11.0 Å². The van der Waals surface area contributed by atoms with Crippen LogP contribution in [0, 0.1) is 0 Å². The van der Waals surface area contributed by atoms with Crippen molar-refractivity contribution in [2.45, 2.75) is 25.4 Å². The number of hydrogen-bond donors (Lipinski definition) is 2. The van der Waals surface area contributed by atoms with E-state index < -0.39 is 17.6 Å². The topological polar surface area (TPSA) is 44.4 Å². The number of carbonyl (C=O) groups is 1. The Kier molecular flexibility index (Phi) is 5.88. The van der Waals surface area contributed by atoms with Gasteiger partial charge in [0.25, 0.3) is 0 Å². The fraction of sp³-hybridized carbons (Fsp3) is 0.350. The van der Waals surface area contributed by atoms with E-state index in [9.17, 15) is 18.0 Å². The minimum absolute atomic E-state index is 0.0285. The van der Waals surface area contributed by atoms with E-state index in [4.69, 9.17) is 0 Å². The third-order valence-corrected chi connectivity index (χ3v) is 4.52. The third-order valence-electron chi connectivity index (χ3n) is 4.52. The first-order chi connectivity index (χ1) is 12.9. The molecule has 1 amide bonds. The number of hydrogen-bond acceptors (Lipinski definition) is 3. The second-order valence-electron chi connectivity index (χ2n) is 6.57. The largest absolute Gasteiger partial charge is 0.416 e. The number of rotatable bonds is 5. The van der Waals surface area contributed by atoms with E-state index in [1.54, 1.807) is 0 Å². The molecule has 0 aromatic heterocycles. The van der Waals surface area contributed by atoms with E-state index in [2.05, 4.69) is 15.5 Å². The number of benzene rings is 2. The van der Waals surface area contributed by atoms with Crippen LogP contribution < -0.4 is 15.5 Å². The molecule has 1 saturated heterocycles. The Hall–Kier alpha value is -2.70. The molecule has 0 aliphatic carbocycles. The van der Waals surface area contributed by atoms with Gasteiger partial charge in [-0.3, -0.25) is 4.79 Å². The van der Waals surface area contributed by atoms with Crippen LogP contribution in [0.4, 0.5) is 30.2 Å². The van der Waals surface area contributed by atoms with Crippen molar-refractivity contribution in [1.29, 1.82) is 0 Å². The first kappa shape index (κ1) is 19.1. The molecule has 27 heavy (non-hydrogen) atoms. The molecule has 0 saturated carbocycles. The summed E-state index contributed by atoms with van der Waals surface area (Å²) in [5, 5.41) is 5.46. The lowest BCUT2D eigenvalue weighted by atomic mass is 10.1. The highest BCUT2D eigenvalue weighted by molar-refractivity contribution is 5.93. The van der Waals surface area contributed by atoms with E-state index in [1.807, 2.05) is 24.3 Å². The Bertz CT molecular complexity index is 769. The smallest absolute Gasteiger partial charge is 0.376 e. The molecule has 0 spiro atoms. The molecule has 1 aliphatic heterocycles. The Morgan fingerprint density at radius 1 is 0.963 bits per heavy atom. The zero-order valence-electron chi connectivity index (χ0n) is 14.9. The lowest BCUT2D eigenvalue weighted by molar-refractivity contribution is -0.137. The van der Waals surface area contributed by atoms with Crippen LogP contribution >= 0.6 is 0 Å². The van der Waals surface area contributed by atoms with Crippen molar-refractivity contribution in [3.05, 3.63) is 54.1 Å². The fourth-order valence-corrected chi connectivity index (χ4v) is 3.10. The Morgan fingerprint density at radius 3 is 2.33 bits per heavy atom. The normalized spacial score (nSPS) is 14.7. The van der Waals surface area contributed by atoms with Crippen molar-refractivity contribution < 1.29 is 18.0 Å². The summed E-state index contributed by atoms with van der Waals surface area (Å²) in [5.74, 6) is -0.408. The molecule has 7 heteroatoms.